The van der Waals surface area contributed by atoms with Crippen LogP contribution in [0.15, 0.2) is 24.3 Å². The van der Waals surface area contributed by atoms with E-state index in [2.05, 4.69) is 45.1 Å². The zero-order valence-electron chi connectivity index (χ0n) is 40.9. The molecule has 0 heterocycles. The molecule has 1 unspecified atom stereocenters. The topological polar surface area (TPSA) is 78.9 Å². The van der Waals surface area contributed by atoms with Crippen molar-refractivity contribution in [1.29, 1.82) is 0 Å². The number of hydrogen-bond donors (Lipinski definition) is 0. The molecule has 358 valence electrons. The average Bonchev–Trinajstić information content (AvgIpc) is 3.26. The van der Waals surface area contributed by atoms with Gasteiger partial charge in [-0.1, -0.05) is 244 Å². The summed E-state index contributed by atoms with van der Waals surface area (Å²) >= 11 is 0. The van der Waals surface area contributed by atoms with E-state index < -0.39 is 6.10 Å². The monoisotopic (exact) mass is 859 g/mol. The van der Waals surface area contributed by atoms with Crippen molar-refractivity contribution in [2.24, 2.45) is 0 Å². The van der Waals surface area contributed by atoms with Crippen LogP contribution >= 0.6 is 0 Å². The van der Waals surface area contributed by atoms with Crippen LogP contribution in [0.4, 0.5) is 0 Å². The number of carbonyl (C=O) groups excluding carboxylic acids is 3. The molecule has 6 heteroatoms. The van der Waals surface area contributed by atoms with Crippen LogP contribution < -0.4 is 0 Å². The van der Waals surface area contributed by atoms with Gasteiger partial charge in [0.05, 0.1) is 0 Å². The van der Waals surface area contributed by atoms with E-state index >= 15 is 0 Å². The summed E-state index contributed by atoms with van der Waals surface area (Å²) in [5.41, 5.74) is 0. The van der Waals surface area contributed by atoms with Gasteiger partial charge in [-0.3, -0.25) is 14.4 Å². The van der Waals surface area contributed by atoms with Crippen molar-refractivity contribution < 1.29 is 28.6 Å². The summed E-state index contributed by atoms with van der Waals surface area (Å²) in [5, 5.41) is 0. The van der Waals surface area contributed by atoms with Crippen LogP contribution in [0.1, 0.15) is 290 Å². The van der Waals surface area contributed by atoms with Crippen molar-refractivity contribution in [3.63, 3.8) is 0 Å². The third-order valence-electron chi connectivity index (χ3n) is 12.0. The summed E-state index contributed by atoms with van der Waals surface area (Å²) in [6.07, 6.45) is 57.5. The number of unbranched alkanes of at least 4 members (excludes halogenated alkanes) is 34. The smallest absolute Gasteiger partial charge is 0.306 e. The van der Waals surface area contributed by atoms with Crippen LogP contribution in [0.5, 0.6) is 0 Å². The minimum atomic E-state index is -0.768. The highest BCUT2D eigenvalue weighted by Crippen LogP contribution is 2.16. The van der Waals surface area contributed by atoms with E-state index in [1.165, 1.54) is 180 Å². The molecule has 0 saturated carbocycles. The molecule has 0 aliphatic rings. The van der Waals surface area contributed by atoms with Crippen LogP contribution in [0.25, 0.3) is 0 Å². The maximum atomic E-state index is 12.8. The van der Waals surface area contributed by atoms with Gasteiger partial charge in [-0.25, -0.2) is 0 Å². The first-order chi connectivity index (χ1) is 30.0. The molecule has 0 spiro atoms. The molecule has 0 aromatic heterocycles. The van der Waals surface area contributed by atoms with Gasteiger partial charge in [0.1, 0.15) is 13.2 Å². The number of ether oxygens (including phenoxy) is 3. The van der Waals surface area contributed by atoms with Crippen molar-refractivity contribution in [3.05, 3.63) is 24.3 Å². The van der Waals surface area contributed by atoms with Crippen LogP contribution in [0.3, 0.4) is 0 Å². The fraction of sp³-hybridized carbons (Fsp3) is 0.873. The van der Waals surface area contributed by atoms with Crippen molar-refractivity contribution in [3.8, 4) is 0 Å². The van der Waals surface area contributed by atoms with Crippen LogP contribution in [-0.2, 0) is 28.6 Å². The van der Waals surface area contributed by atoms with Gasteiger partial charge in [0, 0.05) is 19.3 Å². The number of rotatable bonds is 49. The minimum Gasteiger partial charge on any atom is -0.462 e. The van der Waals surface area contributed by atoms with E-state index in [9.17, 15) is 14.4 Å². The Morgan fingerprint density at radius 1 is 0.328 bits per heavy atom. The van der Waals surface area contributed by atoms with E-state index in [-0.39, 0.29) is 31.1 Å². The molecule has 0 aliphatic heterocycles. The summed E-state index contributed by atoms with van der Waals surface area (Å²) in [6, 6.07) is 0. The molecule has 6 nitrogen and oxygen atoms in total. The van der Waals surface area contributed by atoms with E-state index in [1.807, 2.05) is 0 Å². The Labute approximate surface area is 379 Å². The average molecular weight is 859 g/mol. The molecule has 0 bridgehead atoms. The lowest BCUT2D eigenvalue weighted by Crippen LogP contribution is -2.30. The summed E-state index contributed by atoms with van der Waals surface area (Å²) in [7, 11) is 0. The highest BCUT2D eigenvalue weighted by molar-refractivity contribution is 5.71. The lowest BCUT2D eigenvalue weighted by atomic mass is 10.0. The van der Waals surface area contributed by atoms with Gasteiger partial charge in [-0.15, -0.1) is 0 Å². The molecule has 0 radical (unpaired) electrons. The Morgan fingerprint density at radius 2 is 0.590 bits per heavy atom. The van der Waals surface area contributed by atoms with Gasteiger partial charge in [-0.2, -0.15) is 0 Å². The molecular formula is C55H102O6. The molecule has 0 rings (SSSR count). The number of esters is 3. The molecular weight excluding hydrogens is 757 g/mol. The largest absolute Gasteiger partial charge is 0.462 e. The van der Waals surface area contributed by atoms with Crippen LogP contribution in [-0.4, -0.2) is 37.2 Å². The highest BCUT2D eigenvalue weighted by atomic mass is 16.6. The SMILES string of the molecule is CCCCC/C=C\C/C=C\CCCCCCCCCC(=O)OC(COC(=O)CCCCCCCCC)COC(=O)CCCCCCCCCCCCCCCCCCCCC. The number of allylic oxidation sites excluding steroid dienone is 4. The first-order valence-corrected chi connectivity index (χ1v) is 26.8. The second-order valence-electron chi connectivity index (χ2n) is 18.2. The number of hydrogen-bond acceptors (Lipinski definition) is 6. The van der Waals surface area contributed by atoms with Crippen LogP contribution in [0.2, 0.25) is 0 Å². The summed E-state index contributed by atoms with van der Waals surface area (Å²) in [6.45, 7) is 6.60. The van der Waals surface area contributed by atoms with Gasteiger partial charge in [-0.05, 0) is 51.4 Å². The van der Waals surface area contributed by atoms with E-state index in [0.29, 0.717) is 19.3 Å². The second-order valence-corrected chi connectivity index (χ2v) is 18.2. The normalized spacial score (nSPS) is 12.1. The van der Waals surface area contributed by atoms with Crippen molar-refractivity contribution in [2.45, 2.75) is 297 Å². The Hall–Kier alpha value is -2.11. The standard InChI is InChI=1S/C55H102O6/c1-4-7-10-13-16-18-20-22-24-26-27-29-30-32-34-36-39-42-45-48-54(57)60-51-52(50-59-53(56)47-44-41-38-15-12-9-6-3)61-55(58)49-46-43-40-37-35-33-31-28-25-23-21-19-17-14-11-8-5-2/h17,19,23,25,52H,4-16,18,20-22,24,26-51H2,1-3H3/b19-17-,25-23-. The lowest BCUT2D eigenvalue weighted by Gasteiger charge is -2.18. The molecule has 0 aromatic rings. The maximum absolute atomic E-state index is 12.8. The van der Waals surface area contributed by atoms with Gasteiger partial charge >= 0.3 is 17.9 Å². The lowest BCUT2D eigenvalue weighted by molar-refractivity contribution is -0.167. The first-order valence-electron chi connectivity index (χ1n) is 26.8. The third-order valence-corrected chi connectivity index (χ3v) is 12.0. The predicted octanol–water partition coefficient (Wildman–Crippen LogP) is 17.5. The zero-order valence-corrected chi connectivity index (χ0v) is 40.9. The molecule has 0 saturated heterocycles. The quantitative estimate of drug-likeness (QED) is 0.0262. The summed E-state index contributed by atoms with van der Waals surface area (Å²) in [4.78, 5) is 37.8. The van der Waals surface area contributed by atoms with E-state index in [4.69, 9.17) is 14.2 Å². The van der Waals surface area contributed by atoms with Gasteiger partial charge < -0.3 is 14.2 Å². The highest BCUT2D eigenvalue weighted by Gasteiger charge is 2.19. The molecule has 0 amide bonds. The summed E-state index contributed by atoms with van der Waals surface area (Å²) in [5.74, 6) is -0.870. The van der Waals surface area contributed by atoms with Crippen molar-refractivity contribution in [2.75, 3.05) is 13.2 Å². The maximum Gasteiger partial charge on any atom is 0.306 e. The van der Waals surface area contributed by atoms with E-state index in [0.717, 1.165) is 70.6 Å². The Kier molecular flexibility index (Phi) is 48.8. The van der Waals surface area contributed by atoms with Gasteiger partial charge in [0.15, 0.2) is 6.10 Å². The van der Waals surface area contributed by atoms with Crippen molar-refractivity contribution in [1.82, 2.24) is 0 Å². The molecule has 0 N–H and O–H groups in total. The molecule has 61 heavy (non-hydrogen) atoms. The molecule has 1 atom stereocenters. The van der Waals surface area contributed by atoms with Crippen LogP contribution in [0, 0.1) is 0 Å². The van der Waals surface area contributed by atoms with Crippen molar-refractivity contribution >= 4 is 17.9 Å². The Balaban J connectivity index is 4.20. The van der Waals surface area contributed by atoms with Gasteiger partial charge in [0.25, 0.3) is 0 Å². The molecule has 0 fully saturated rings. The Bertz CT molecular complexity index is 989. The predicted molar refractivity (Wildman–Crippen MR) is 261 cm³/mol. The van der Waals surface area contributed by atoms with Gasteiger partial charge in [0.2, 0.25) is 0 Å². The fourth-order valence-electron chi connectivity index (χ4n) is 7.89. The Morgan fingerprint density at radius 3 is 0.934 bits per heavy atom. The van der Waals surface area contributed by atoms with E-state index in [1.54, 1.807) is 0 Å². The first kappa shape index (κ1) is 58.9. The third kappa shape index (κ3) is 48.8. The minimum absolute atomic E-state index is 0.0701. The summed E-state index contributed by atoms with van der Waals surface area (Å²) < 4.78 is 16.8. The fourth-order valence-corrected chi connectivity index (χ4v) is 7.89. The zero-order chi connectivity index (χ0) is 44.4. The molecule has 0 aliphatic carbocycles. The number of carbonyl (C=O) groups is 3. The second kappa shape index (κ2) is 50.5. The molecule has 0 aromatic carbocycles.